The fourth-order valence-corrected chi connectivity index (χ4v) is 5.34. The highest BCUT2D eigenvalue weighted by molar-refractivity contribution is 6.47. The van der Waals surface area contributed by atoms with Crippen molar-refractivity contribution in [1.29, 1.82) is 0 Å². The molecular weight excluding hydrogens is 481 g/mol. The monoisotopic (exact) mass is 527 g/mol. The number of aliphatic hydroxyl groups is 1. The number of piperidine rings is 1. The number of likely N-dealkylation sites (tertiary alicyclic amines) is 1. The van der Waals surface area contributed by atoms with Gasteiger partial charge in [0.1, 0.15) is 11.4 Å². The maximum Gasteiger partial charge on any atom is 0.410 e. The quantitative estimate of drug-likeness (QED) is 0.545. The predicted octanol–water partition coefficient (Wildman–Crippen LogP) is 4.58. The smallest absolute Gasteiger partial charge is 0.410 e. The van der Waals surface area contributed by atoms with Gasteiger partial charge < -0.3 is 24.1 Å². The zero-order chi connectivity index (χ0) is 28.7. The fourth-order valence-electron chi connectivity index (χ4n) is 5.34. The molecule has 1 saturated heterocycles. The van der Waals surface area contributed by atoms with Gasteiger partial charge in [0.15, 0.2) is 5.78 Å². The third-order valence-corrected chi connectivity index (χ3v) is 8.27. The number of nitrogens with zero attached hydrogens (tertiary/aromatic N) is 1. The molecule has 0 aromatic heterocycles. The molecule has 1 amide bonds. The first-order valence-electron chi connectivity index (χ1n) is 13.6. The summed E-state index contributed by atoms with van der Waals surface area (Å²) in [5, 5.41) is 10.4. The van der Waals surface area contributed by atoms with Crippen molar-refractivity contribution >= 4 is 30.4 Å². The predicted molar refractivity (Wildman–Crippen MR) is 152 cm³/mol. The van der Waals surface area contributed by atoms with Gasteiger partial charge >= 0.3 is 13.6 Å². The summed E-state index contributed by atoms with van der Waals surface area (Å²) in [5.41, 5.74) is 2.16. The van der Waals surface area contributed by atoms with E-state index in [-0.39, 0.29) is 17.3 Å². The fraction of sp³-hybridized carbons (Fsp3) is 0.667. The van der Waals surface area contributed by atoms with E-state index in [1.54, 1.807) is 25.9 Å². The molecule has 1 aromatic rings. The first-order valence-corrected chi connectivity index (χ1v) is 13.6. The Balaban J connectivity index is 1.81. The zero-order valence-corrected chi connectivity index (χ0v) is 25.0. The van der Waals surface area contributed by atoms with E-state index in [0.717, 1.165) is 40.8 Å². The average Bonchev–Trinajstić information content (AvgIpc) is 2.77. The van der Waals surface area contributed by atoms with Gasteiger partial charge in [-0.05, 0) is 97.3 Å². The van der Waals surface area contributed by atoms with Gasteiger partial charge in [-0.1, -0.05) is 17.6 Å². The highest BCUT2D eigenvalue weighted by atomic mass is 16.6. The summed E-state index contributed by atoms with van der Waals surface area (Å²) in [7, 11) is 2.00. The van der Waals surface area contributed by atoms with E-state index in [1.807, 2.05) is 48.5 Å². The van der Waals surface area contributed by atoms with E-state index in [4.69, 9.17) is 14.1 Å². The second-order valence-electron chi connectivity index (χ2n) is 13.2. The number of benzene rings is 1. The lowest BCUT2D eigenvalue weighted by atomic mass is 9.66. The second kappa shape index (κ2) is 10.7. The van der Waals surface area contributed by atoms with E-state index < -0.39 is 16.8 Å². The number of hydrogen-bond acceptors (Lipinski definition) is 6. The number of Topliss-reactive ketones (excluding diaryl/α,β-unsaturated/α-hetero) is 1. The van der Waals surface area contributed by atoms with E-state index in [1.165, 1.54) is 0 Å². The number of carbonyl (C=O) groups excluding carboxylic acids is 2. The Kier molecular flexibility index (Phi) is 8.50. The van der Waals surface area contributed by atoms with Crippen molar-refractivity contribution in [3.8, 4) is 0 Å². The van der Waals surface area contributed by atoms with Crippen LogP contribution in [0.25, 0.3) is 5.57 Å². The molecule has 1 spiro atoms. The molecule has 1 fully saturated rings. The van der Waals surface area contributed by atoms with Gasteiger partial charge in [-0.3, -0.25) is 4.79 Å². The van der Waals surface area contributed by atoms with Crippen LogP contribution in [-0.4, -0.2) is 66.4 Å². The molecular formula is C30H46BNO6. The molecule has 0 unspecified atom stereocenters. The number of allylic oxidation sites excluding steroid dienone is 2. The third kappa shape index (κ3) is 6.63. The van der Waals surface area contributed by atoms with Crippen molar-refractivity contribution in [2.24, 2.45) is 5.41 Å². The van der Waals surface area contributed by atoms with Gasteiger partial charge in [-0.25, -0.2) is 4.79 Å². The maximum absolute atomic E-state index is 13.7. The van der Waals surface area contributed by atoms with Crippen molar-refractivity contribution < 1.29 is 28.8 Å². The van der Waals surface area contributed by atoms with Crippen LogP contribution in [0.15, 0.2) is 17.9 Å². The molecule has 0 saturated carbocycles. The first-order chi connectivity index (χ1) is 17.4. The van der Waals surface area contributed by atoms with E-state index in [2.05, 4.69) is 12.1 Å². The molecule has 1 N–H and O–H groups in total. The van der Waals surface area contributed by atoms with E-state index in [0.29, 0.717) is 39.0 Å². The summed E-state index contributed by atoms with van der Waals surface area (Å²) < 4.78 is 17.5. The van der Waals surface area contributed by atoms with Gasteiger partial charge in [-0.2, -0.15) is 0 Å². The van der Waals surface area contributed by atoms with Gasteiger partial charge in [0, 0.05) is 25.9 Å². The summed E-state index contributed by atoms with van der Waals surface area (Å²) in [6, 6.07) is 4.11. The molecule has 0 radical (unpaired) electrons. The molecule has 1 heterocycles. The van der Waals surface area contributed by atoms with Crippen LogP contribution in [0.2, 0.25) is 0 Å². The van der Waals surface area contributed by atoms with Gasteiger partial charge in [0.05, 0.1) is 23.9 Å². The van der Waals surface area contributed by atoms with E-state index >= 15 is 0 Å². The number of methoxy groups -OCH3 is 1. The van der Waals surface area contributed by atoms with Crippen LogP contribution >= 0.6 is 0 Å². The van der Waals surface area contributed by atoms with Crippen molar-refractivity contribution in [3.05, 3.63) is 34.6 Å². The number of rotatable bonds is 6. The number of aryl methyl sites for hydroxylation is 2. The highest BCUT2D eigenvalue weighted by Gasteiger charge is 2.44. The minimum Gasteiger partial charge on any atom is -0.500 e. The molecule has 0 bridgehead atoms. The maximum atomic E-state index is 13.7. The zero-order valence-electron chi connectivity index (χ0n) is 25.0. The molecule has 210 valence electrons. The minimum atomic E-state index is -0.983. The molecule has 7 nitrogen and oxygen atoms in total. The summed E-state index contributed by atoms with van der Waals surface area (Å²) in [4.78, 5) is 28.0. The average molecular weight is 528 g/mol. The molecule has 38 heavy (non-hydrogen) atoms. The standard InChI is InChI=1S/C30H46BNO6/c1-19-15-21(31-38-29(8,9)28(6,7)35)16-20(2)24(19)25-22(33)17-30(18-23(25)36-10)11-13-32(14-12-30)26(34)37-27(3,4)5/h15-16,31,35H,11-14,17-18H2,1-10H3. The molecule has 1 aliphatic heterocycles. The Labute approximate surface area is 229 Å². The molecule has 0 atom stereocenters. The number of ketones is 1. The summed E-state index contributed by atoms with van der Waals surface area (Å²) in [5.74, 6) is 0.822. The Morgan fingerprint density at radius 2 is 1.55 bits per heavy atom. The molecule has 3 rings (SSSR count). The summed E-state index contributed by atoms with van der Waals surface area (Å²) in [6.07, 6.45) is 2.31. The van der Waals surface area contributed by atoms with Crippen molar-refractivity contribution in [2.75, 3.05) is 20.2 Å². The van der Waals surface area contributed by atoms with Crippen LogP contribution in [0.3, 0.4) is 0 Å². The number of hydrogen-bond donors (Lipinski definition) is 1. The second-order valence-corrected chi connectivity index (χ2v) is 13.2. The lowest BCUT2D eigenvalue weighted by molar-refractivity contribution is -0.117. The Bertz CT molecular complexity index is 1080. The van der Waals surface area contributed by atoms with Crippen LogP contribution in [0.1, 0.15) is 90.8 Å². The summed E-state index contributed by atoms with van der Waals surface area (Å²) >= 11 is 0. The SMILES string of the molecule is COC1=C(c2c(C)cc(BOC(C)(C)C(C)(C)O)cc2C)C(=O)CC2(CCN(C(=O)OC(C)(C)C)CC2)C1. The van der Waals surface area contributed by atoms with Crippen LogP contribution in [0.4, 0.5) is 4.79 Å². The summed E-state index contributed by atoms with van der Waals surface area (Å²) in [6.45, 7) is 18.0. The van der Waals surface area contributed by atoms with Crippen molar-refractivity contribution in [1.82, 2.24) is 4.90 Å². The molecule has 2 aliphatic rings. The highest BCUT2D eigenvalue weighted by Crippen LogP contribution is 2.48. The minimum absolute atomic E-state index is 0.0946. The normalized spacial score (nSPS) is 18.6. The van der Waals surface area contributed by atoms with Crippen molar-refractivity contribution in [2.45, 2.75) is 105 Å². The van der Waals surface area contributed by atoms with Gasteiger partial charge in [-0.15, -0.1) is 0 Å². The van der Waals surface area contributed by atoms with Crippen LogP contribution in [0.5, 0.6) is 0 Å². The number of carbonyl (C=O) groups is 2. The van der Waals surface area contributed by atoms with Crippen LogP contribution in [0, 0.1) is 19.3 Å². The largest absolute Gasteiger partial charge is 0.500 e. The van der Waals surface area contributed by atoms with Crippen LogP contribution in [-0.2, 0) is 18.9 Å². The van der Waals surface area contributed by atoms with Gasteiger partial charge in [0.25, 0.3) is 0 Å². The Hall–Kier alpha value is -2.32. The van der Waals surface area contributed by atoms with Crippen molar-refractivity contribution in [3.63, 3.8) is 0 Å². The van der Waals surface area contributed by atoms with Gasteiger partial charge in [0.2, 0.25) is 0 Å². The number of amides is 1. The molecule has 1 aliphatic carbocycles. The number of ether oxygens (including phenoxy) is 2. The Morgan fingerprint density at radius 1 is 1.00 bits per heavy atom. The first kappa shape index (κ1) is 30.2. The van der Waals surface area contributed by atoms with E-state index in [9.17, 15) is 14.7 Å². The Morgan fingerprint density at radius 3 is 2.03 bits per heavy atom. The molecule has 8 heteroatoms. The lowest BCUT2D eigenvalue weighted by Gasteiger charge is -2.44. The topological polar surface area (TPSA) is 85.3 Å². The third-order valence-electron chi connectivity index (χ3n) is 8.27. The van der Waals surface area contributed by atoms with Crippen LogP contribution < -0.4 is 5.46 Å². The lowest BCUT2D eigenvalue weighted by Crippen LogP contribution is -2.49. The molecule has 1 aromatic carbocycles.